The van der Waals surface area contributed by atoms with E-state index in [9.17, 15) is 4.79 Å². The molecule has 1 aromatic carbocycles. The molecular formula is C20H31NO2. The molecule has 1 atom stereocenters. The van der Waals surface area contributed by atoms with Gasteiger partial charge in [-0.2, -0.15) is 0 Å². The molecule has 0 saturated heterocycles. The molecule has 3 heteroatoms. The summed E-state index contributed by atoms with van der Waals surface area (Å²) in [5.74, 6) is 0.522. The van der Waals surface area contributed by atoms with Crippen molar-refractivity contribution >= 4 is 6.09 Å². The van der Waals surface area contributed by atoms with E-state index < -0.39 is 5.60 Å². The van der Waals surface area contributed by atoms with Gasteiger partial charge >= 0.3 is 6.09 Å². The average Bonchev–Trinajstić information content (AvgIpc) is 2.46. The third-order valence-corrected chi connectivity index (χ3v) is 3.71. The molecule has 0 aliphatic carbocycles. The minimum absolute atomic E-state index is 0.269. The predicted molar refractivity (Wildman–Crippen MR) is 96.4 cm³/mol. The summed E-state index contributed by atoms with van der Waals surface area (Å²) < 4.78 is 5.55. The van der Waals surface area contributed by atoms with Crippen molar-refractivity contribution in [1.29, 1.82) is 0 Å². The van der Waals surface area contributed by atoms with Crippen molar-refractivity contribution in [3.8, 4) is 0 Å². The Morgan fingerprint density at radius 1 is 1.30 bits per heavy atom. The van der Waals surface area contributed by atoms with Crippen molar-refractivity contribution in [2.45, 2.75) is 60.1 Å². The molecule has 0 N–H and O–H groups in total. The van der Waals surface area contributed by atoms with Crippen LogP contribution in [0.15, 0.2) is 36.4 Å². The number of carbonyl (C=O) groups excluding carboxylic acids is 1. The molecule has 0 saturated carbocycles. The van der Waals surface area contributed by atoms with E-state index in [4.69, 9.17) is 4.74 Å². The molecule has 0 heterocycles. The van der Waals surface area contributed by atoms with E-state index in [1.807, 2.05) is 32.9 Å². The molecule has 0 fully saturated rings. The molecule has 3 nitrogen and oxygen atoms in total. The van der Waals surface area contributed by atoms with Crippen LogP contribution in [0.25, 0.3) is 0 Å². The van der Waals surface area contributed by atoms with Crippen LogP contribution in [-0.2, 0) is 11.3 Å². The number of ether oxygens (including phenoxy) is 1. The van der Waals surface area contributed by atoms with Gasteiger partial charge in [-0.25, -0.2) is 4.79 Å². The zero-order valence-corrected chi connectivity index (χ0v) is 15.4. The van der Waals surface area contributed by atoms with Crippen LogP contribution in [0, 0.1) is 12.8 Å². The molecule has 1 amide bonds. The molecule has 0 aliphatic heterocycles. The van der Waals surface area contributed by atoms with Crippen LogP contribution in [0.3, 0.4) is 0 Å². The fourth-order valence-corrected chi connectivity index (χ4v) is 2.08. The number of carbonyl (C=O) groups is 1. The van der Waals surface area contributed by atoms with Gasteiger partial charge in [0.05, 0.1) is 0 Å². The fourth-order valence-electron chi connectivity index (χ4n) is 2.08. The van der Waals surface area contributed by atoms with Gasteiger partial charge in [0.25, 0.3) is 0 Å². The molecule has 1 aromatic rings. The number of rotatable bonds is 6. The number of hydrogen-bond acceptors (Lipinski definition) is 2. The second kappa shape index (κ2) is 8.76. The van der Waals surface area contributed by atoms with Crippen molar-refractivity contribution < 1.29 is 9.53 Å². The lowest BCUT2D eigenvalue weighted by Gasteiger charge is -2.27. The van der Waals surface area contributed by atoms with E-state index in [0.29, 0.717) is 19.0 Å². The van der Waals surface area contributed by atoms with Crippen molar-refractivity contribution in [3.05, 3.63) is 47.5 Å². The Kier molecular flexibility index (Phi) is 7.34. The maximum absolute atomic E-state index is 12.5. The third-order valence-electron chi connectivity index (χ3n) is 3.71. The van der Waals surface area contributed by atoms with Gasteiger partial charge in [0, 0.05) is 13.1 Å². The van der Waals surface area contributed by atoms with E-state index in [-0.39, 0.29) is 6.09 Å². The van der Waals surface area contributed by atoms with E-state index in [1.165, 1.54) is 5.56 Å². The standard InChI is InChI=1S/C20H31NO2/c1-7-16(2)11-10-14-21(19(22)23-20(4,5)6)15-18-13-9-8-12-17(18)3/h8-13,16H,7,14-15H2,1-6H3. The molecule has 1 unspecified atom stereocenters. The summed E-state index contributed by atoms with van der Waals surface area (Å²) in [4.78, 5) is 14.2. The summed E-state index contributed by atoms with van der Waals surface area (Å²) in [7, 11) is 0. The van der Waals surface area contributed by atoms with Gasteiger partial charge in [0.15, 0.2) is 0 Å². The summed E-state index contributed by atoms with van der Waals surface area (Å²) in [5, 5.41) is 0. The summed E-state index contributed by atoms with van der Waals surface area (Å²) in [6.45, 7) is 13.2. The zero-order chi connectivity index (χ0) is 17.5. The average molecular weight is 317 g/mol. The highest BCUT2D eigenvalue weighted by atomic mass is 16.6. The summed E-state index contributed by atoms with van der Waals surface area (Å²) >= 11 is 0. The molecule has 0 radical (unpaired) electrons. The first kappa shape index (κ1) is 19.3. The van der Waals surface area contributed by atoms with Gasteiger partial charge < -0.3 is 9.64 Å². The lowest BCUT2D eigenvalue weighted by molar-refractivity contribution is 0.0256. The molecule has 128 valence electrons. The van der Waals surface area contributed by atoms with E-state index >= 15 is 0 Å². The van der Waals surface area contributed by atoms with Gasteiger partial charge in [-0.15, -0.1) is 0 Å². The Bertz CT molecular complexity index is 529. The quantitative estimate of drug-likeness (QED) is 0.663. The molecule has 0 aliphatic rings. The van der Waals surface area contributed by atoms with Gasteiger partial charge in [-0.1, -0.05) is 56.7 Å². The number of hydrogen-bond donors (Lipinski definition) is 0. The Hall–Kier alpha value is -1.77. The number of nitrogens with zero attached hydrogens (tertiary/aromatic N) is 1. The fraction of sp³-hybridized carbons (Fsp3) is 0.550. The normalized spacial score (nSPS) is 13.1. The van der Waals surface area contributed by atoms with Crippen molar-refractivity contribution in [1.82, 2.24) is 4.90 Å². The first-order chi connectivity index (χ1) is 10.7. The second-order valence-electron chi connectivity index (χ2n) is 7.10. The highest BCUT2D eigenvalue weighted by Crippen LogP contribution is 2.15. The molecule has 0 bridgehead atoms. The number of amides is 1. The lowest BCUT2D eigenvalue weighted by Crippen LogP contribution is -2.36. The summed E-state index contributed by atoms with van der Waals surface area (Å²) in [6.07, 6.45) is 5.06. The van der Waals surface area contributed by atoms with E-state index in [1.54, 1.807) is 4.90 Å². The number of allylic oxidation sites excluding steroid dienone is 1. The maximum atomic E-state index is 12.5. The minimum atomic E-state index is -0.485. The Labute approximate surface area is 141 Å². The highest BCUT2D eigenvalue weighted by Gasteiger charge is 2.21. The van der Waals surface area contributed by atoms with Crippen molar-refractivity contribution in [2.75, 3.05) is 6.54 Å². The van der Waals surface area contributed by atoms with E-state index in [2.05, 4.69) is 45.1 Å². The van der Waals surface area contributed by atoms with Crippen LogP contribution in [0.4, 0.5) is 4.79 Å². The largest absolute Gasteiger partial charge is 0.444 e. The first-order valence-corrected chi connectivity index (χ1v) is 8.42. The van der Waals surface area contributed by atoms with Gasteiger partial charge in [0.2, 0.25) is 0 Å². The summed E-state index contributed by atoms with van der Waals surface area (Å²) in [6, 6.07) is 8.15. The van der Waals surface area contributed by atoms with E-state index in [0.717, 1.165) is 12.0 Å². The smallest absolute Gasteiger partial charge is 0.410 e. The topological polar surface area (TPSA) is 29.5 Å². The number of benzene rings is 1. The molecule has 0 spiro atoms. The van der Waals surface area contributed by atoms with Crippen molar-refractivity contribution in [2.24, 2.45) is 5.92 Å². The molecule has 1 rings (SSSR count). The van der Waals surface area contributed by atoms with Crippen LogP contribution < -0.4 is 0 Å². The molecule has 23 heavy (non-hydrogen) atoms. The van der Waals surface area contributed by atoms with Gasteiger partial charge in [-0.3, -0.25) is 0 Å². The van der Waals surface area contributed by atoms with Crippen LogP contribution in [0.1, 0.15) is 52.2 Å². The SMILES string of the molecule is CCC(C)C=CCN(Cc1ccccc1C)C(=O)OC(C)(C)C. The Morgan fingerprint density at radius 3 is 2.52 bits per heavy atom. The van der Waals surface area contributed by atoms with Crippen LogP contribution in [0.2, 0.25) is 0 Å². The van der Waals surface area contributed by atoms with Gasteiger partial charge in [-0.05, 0) is 44.7 Å². The predicted octanol–water partition coefficient (Wildman–Crippen LogP) is 5.33. The lowest BCUT2D eigenvalue weighted by atomic mass is 10.1. The third kappa shape index (κ3) is 7.36. The van der Waals surface area contributed by atoms with Crippen molar-refractivity contribution in [3.63, 3.8) is 0 Å². The number of aryl methyl sites for hydroxylation is 1. The maximum Gasteiger partial charge on any atom is 0.410 e. The second-order valence-corrected chi connectivity index (χ2v) is 7.10. The van der Waals surface area contributed by atoms with Crippen LogP contribution in [-0.4, -0.2) is 23.1 Å². The van der Waals surface area contributed by atoms with Crippen LogP contribution >= 0.6 is 0 Å². The summed E-state index contributed by atoms with van der Waals surface area (Å²) in [5.41, 5.74) is 1.85. The first-order valence-electron chi connectivity index (χ1n) is 8.42. The van der Waals surface area contributed by atoms with Crippen LogP contribution in [0.5, 0.6) is 0 Å². The molecule has 0 aromatic heterocycles. The zero-order valence-electron chi connectivity index (χ0n) is 15.4. The Balaban J connectivity index is 2.85. The monoisotopic (exact) mass is 317 g/mol. The highest BCUT2D eigenvalue weighted by molar-refractivity contribution is 5.68. The van der Waals surface area contributed by atoms with Gasteiger partial charge in [0.1, 0.15) is 5.60 Å². The Morgan fingerprint density at radius 2 is 1.96 bits per heavy atom. The minimum Gasteiger partial charge on any atom is -0.444 e. The molecular weight excluding hydrogens is 286 g/mol.